The lowest BCUT2D eigenvalue weighted by Crippen LogP contribution is -2.12. The maximum absolute atomic E-state index is 11.9. The molecule has 0 saturated heterocycles. The largest absolute Gasteiger partial charge is 0.309 e. The normalized spacial score (nSPS) is 10.5. The minimum atomic E-state index is -0.138. The summed E-state index contributed by atoms with van der Waals surface area (Å²) >= 11 is 0. The van der Waals surface area contributed by atoms with Crippen molar-refractivity contribution in [2.45, 2.75) is 33.6 Å². The lowest BCUT2D eigenvalue weighted by atomic mass is 10.4. The van der Waals surface area contributed by atoms with Crippen LogP contribution in [0, 0.1) is 6.92 Å². The molecular weight excluding hydrogens is 266 g/mol. The van der Waals surface area contributed by atoms with Crippen LogP contribution in [-0.4, -0.2) is 24.3 Å². The summed E-state index contributed by atoms with van der Waals surface area (Å²) in [6.07, 6.45) is 8.01. The summed E-state index contributed by atoms with van der Waals surface area (Å²) in [5.74, 6) is 0.617. The van der Waals surface area contributed by atoms with Crippen molar-refractivity contribution in [2.24, 2.45) is 7.05 Å². The van der Waals surface area contributed by atoms with E-state index in [1.807, 2.05) is 25.5 Å². The van der Waals surface area contributed by atoms with Gasteiger partial charge in [-0.25, -0.2) is 4.98 Å². The molecule has 0 saturated carbocycles. The molecule has 0 aliphatic rings. The smallest absolute Gasteiger partial charge is 0.275 e. The molecule has 0 amide bonds. The second-order valence-corrected chi connectivity index (χ2v) is 4.94. The standard InChI is InChI=1S/C11H11N5O.C4H10/c1-7-13-9-3-4-16(10(9)11(17)14-7)8-5-12-15(2)6-8;1-3-4-2/h3-6H,1-2H3,(H,13,14,17);3-4H2,1-2H3. The van der Waals surface area contributed by atoms with E-state index in [2.05, 4.69) is 28.9 Å². The molecule has 1 N–H and O–H groups in total. The van der Waals surface area contributed by atoms with E-state index in [4.69, 9.17) is 0 Å². The van der Waals surface area contributed by atoms with Crippen LogP contribution in [0.3, 0.4) is 0 Å². The third kappa shape index (κ3) is 3.21. The maximum atomic E-state index is 11.9. The van der Waals surface area contributed by atoms with Crippen molar-refractivity contribution in [1.82, 2.24) is 24.3 Å². The Morgan fingerprint density at radius 2 is 2.00 bits per heavy atom. The van der Waals surface area contributed by atoms with Gasteiger partial charge in [-0.2, -0.15) is 5.10 Å². The molecule has 0 fully saturated rings. The fourth-order valence-electron chi connectivity index (χ4n) is 1.92. The molecule has 0 atom stereocenters. The van der Waals surface area contributed by atoms with Gasteiger partial charge in [0.05, 0.1) is 17.4 Å². The molecule has 3 aromatic heterocycles. The van der Waals surface area contributed by atoms with Gasteiger partial charge in [-0.1, -0.05) is 26.7 Å². The molecule has 21 heavy (non-hydrogen) atoms. The van der Waals surface area contributed by atoms with Crippen molar-refractivity contribution in [3.63, 3.8) is 0 Å². The molecule has 6 heteroatoms. The second-order valence-electron chi connectivity index (χ2n) is 4.94. The summed E-state index contributed by atoms with van der Waals surface area (Å²) < 4.78 is 3.48. The lowest BCUT2D eigenvalue weighted by molar-refractivity contribution is 0.767. The van der Waals surface area contributed by atoms with E-state index in [0.29, 0.717) is 16.9 Å². The third-order valence-corrected chi connectivity index (χ3v) is 3.13. The molecule has 0 bridgehead atoms. The minimum Gasteiger partial charge on any atom is -0.309 e. The number of nitrogens with one attached hydrogen (secondary N) is 1. The van der Waals surface area contributed by atoms with E-state index in [1.165, 1.54) is 12.8 Å². The fraction of sp³-hybridized carbons (Fsp3) is 0.400. The van der Waals surface area contributed by atoms with Crippen LogP contribution in [0.25, 0.3) is 16.7 Å². The van der Waals surface area contributed by atoms with E-state index in [-0.39, 0.29) is 5.56 Å². The number of H-pyrrole nitrogens is 1. The highest BCUT2D eigenvalue weighted by Crippen LogP contribution is 2.14. The van der Waals surface area contributed by atoms with E-state index >= 15 is 0 Å². The second kappa shape index (κ2) is 6.39. The SMILES string of the molecule is CCCC.Cc1nc2ccn(-c3cnn(C)c3)c2c(=O)[nH]1. The van der Waals surface area contributed by atoms with Gasteiger partial charge in [-0.15, -0.1) is 0 Å². The summed E-state index contributed by atoms with van der Waals surface area (Å²) in [4.78, 5) is 18.9. The molecule has 0 spiro atoms. The predicted octanol–water partition coefficient (Wildman–Crippen LogP) is 2.56. The fourth-order valence-corrected chi connectivity index (χ4v) is 1.92. The summed E-state index contributed by atoms with van der Waals surface area (Å²) in [5.41, 5.74) is 1.94. The average Bonchev–Trinajstić information content (AvgIpc) is 3.05. The zero-order chi connectivity index (χ0) is 15.4. The first kappa shape index (κ1) is 15.0. The molecule has 0 aliphatic heterocycles. The number of aromatic nitrogens is 5. The summed E-state index contributed by atoms with van der Waals surface area (Å²) in [5, 5.41) is 4.09. The van der Waals surface area contributed by atoms with Crippen LogP contribution in [0.2, 0.25) is 0 Å². The average molecular weight is 287 g/mol. The Labute approximate surface area is 123 Å². The van der Waals surface area contributed by atoms with Gasteiger partial charge in [0.15, 0.2) is 0 Å². The monoisotopic (exact) mass is 287 g/mol. The molecule has 0 radical (unpaired) electrons. The van der Waals surface area contributed by atoms with Gasteiger partial charge < -0.3 is 9.55 Å². The van der Waals surface area contributed by atoms with Gasteiger partial charge in [0.1, 0.15) is 11.3 Å². The Kier molecular flexibility index (Phi) is 4.57. The molecule has 112 valence electrons. The van der Waals surface area contributed by atoms with E-state index < -0.39 is 0 Å². The van der Waals surface area contributed by atoms with Gasteiger partial charge in [-0.3, -0.25) is 9.48 Å². The Balaban J connectivity index is 0.000000361. The number of nitrogens with zero attached hydrogens (tertiary/aromatic N) is 4. The van der Waals surface area contributed by atoms with Crippen molar-refractivity contribution < 1.29 is 0 Å². The van der Waals surface area contributed by atoms with Crippen LogP contribution < -0.4 is 5.56 Å². The molecule has 0 unspecified atom stereocenters. The number of aromatic amines is 1. The molecule has 0 aromatic carbocycles. The van der Waals surface area contributed by atoms with Crippen molar-refractivity contribution in [1.29, 1.82) is 0 Å². The minimum absolute atomic E-state index is 0.138. The van der Waals surface area contributed by atoms with E-state index in [1.54, 1.807) is 22.4 Å². The highest BCUT2D eigenvalue weighted by atomic mass is 16.1. The molecule has 6 nitrogen and oxygen atoms in total. The van der Waals surface area contributed by atoms with E-state index in [0.717, 1.165) is 5.69 Å². The van der Waals surface area contributed by atoms with Crippen LogP contribution in [0.5, 0.6) is 0 Å². The summed E-state index contributed by atoms with van der Waals surface area (Å²) in [7, 11) is 1.84. The molecular formula is C15H21N5O. The van der Waals surface area contributed by atoms with Gasteiger partial charge in [0.2, 0.25) is 0 Å². The predicted molar refractivity (Wildman–Crippen MR) is 83.8 cm³/mol. The first-order valence-corrected chi connectivity index (χ1v) is 7.13. The summed E-state index contributed by atoms with van der Waals surface area (Å²) in [6, 6.07) is 1.82. The van der Waals surface area contributed by atoms with Crippen LogP contribution in [0.15, 0.2) is 29.5 Å². The highest BCUT2D eigenvalue weighted by Gasteiger charge is 2.09. The van der Waals surface area contributed by atoms with Crippen LogP contribution in [0.4, 0.5) is 0 Å². The number of fused-ring (bicyclic) bond motifs is 1. The first-order valence-electron chi connectivity index (χ1n) is 7.13. The van der Waals surface area contributed by atoms with Gasteiger partial charge in [0.25, 0.3) is 5.56 Å². The van der Waals surface area contributed by atoms with Crippen molar-refractivity contribution in [2.75, 3.05) is 0 Å². The lowest BCUT2D eigenvalue weighted by Gasteiger charge is -2.00. The number of hydrogen-bond donors (Lipinski definition) is 1. The zero-order valence-electron chi connectivity index (χ0n) is 12.9. The molecule has 3 heterocycles. The third-order valence-electron chi connectivity index (χ3n) is 3.13. The molecule has 3 rings (SSSR count). The number of hydrogen-bond acceptors (Lipinski definition) is 3. The quantitative estimate of drug-likeness (QED) is 0.787. The van der Waals surface area contributed by atoms with Gasteiger partial charge >= 0.3 is 0 Å². The van der Waals surface area contributed by atoms with Crippen LogP contribution in [-0.2, 0) is 7.05 Å². The van der Waals surface area contributed by atoms with Crippen LogP contribution >= 0.6 is 0 Å². The number of rotatable bonds is 2. The van der Waals surface area contributed by atoms with Crippen molar-refractivity contribution in [3.05, 3.63) is 40.8 Å². The number of unbranched alkanes of at least 4 members (excludes halogenated alkanes) is 1. The Hall–Kier alpha value is -2.37. The highest BCUT2D eigenvalue weighted by molar-refractivity contribution is 5.76. The zero-order valence-corrected chi connectivity index (χ0v) is 12.9. The Bertz CT molecular complexity index is 779. The van der Waals surface area contributed by atoms with Crippen molar-refractivity contribution in [3.8, 4) is 5.69 Å². The van der Waals surface area contributed by atoms with E-state index in [9.17, 15) is 4.79 Å². The molecule has 3 aromatic rings. The Morgan fingerprint density at radius 1 is 1.29 bits per heavy atom. The first-order chi connectivity index (χ1) is 10.1. The maximum Gasteiger partial charge on any atom is 0.275 e. The molecule has 0 aliphatic carbocycles. The van der Waals surface area contributed by atoms with Crippen LogP contribution in [0.1, 0.15) is 32.5 Å². The van der Waals surface area contributed by atoms with Gasteiger partial charge in [-0.05, 0) is 13.0 Å². The van der Waals surface area contributed by atoms with Gasteiger partial charge in [0, 0.05) is 19.4 Å². The summed E-state index contributed by atoms with van der Waals surface area (Å²) in [6.45, 7) is 6.13. The number of aryl methyl sites for hydroxylation is 2. The topological polar surface area (TPSA) is 68.5 Å². The van der Waals surface area contributed by atoms with Crippen molar-refractivity contribution >= 4 is 11.0 Å². The Morgan fingerprint density at radius 3 is 2.57 bits per heavy atom.